The van der Waals surface area contributed by atoms with Gasteiger partial charge in [-0.3, -0.25) is 4.90 Å². The molecule has 0 aliphatic carbocycles. The third-order valence-corrected chi connectivity index (χ3v) is 3.58. The van der Waals surface area contributed by atoms with Crippen LogP contribution in [-0.2, 0) is 0 Å². The lowest BCUT2D eigenvalue weighted by Crippen LogP contribution is -2.45. The van der Waals surface area contributed by atoms with Crippen molar-refractivity contribution in [1.29, 1.82) is 0 Å². The van der Waals surface area contributed by atoms with E-state index in [-0.39, 0.29) is 0 Å². The second kappa shape index (κ2) is 5.10. The molecule has 3 nitrogen and oxygen atoms in total. The average Bonchev–Trinajstić information content (AvgIpc) is 2.67. The van der Waals surface area contributed by atoms with E-state index in [9.17, 15) is 5.11 Å². The van der Waals surface area contributed by atoms with Crippen molar-refractivity contribution in [2.75, 3.05) is 26.2 Å². The van der Waals surface area contributed by atoms with Gasteiger partial charge in [0.2, 0.25) is 0 Å². The maximum Gasteiger partial charge on any atom is 0.0586 e. The Balaban J connectivity index is 1.77. The second-order valence-corrected chi connectivity index (χ2v) is 4.62. The molecule has 0 aromatic rings. The molecule has 2 rings (SSSR count). The van der Waals surface area contributed by atoms with Crippen molar-refractivity contribution in [2.45, 2.75) is 44.2 Å². The zero-order valence-electron chi connectivity index (χ0n) is 8.91. The van der Waals surface area contributed by atoms with E-state index in [1.54, 1.807) is 0 Å². The van der Waals surface area contributed by atoms with E-state index in [0.717, 1.165) is 6.54 Å². The lowest BCUT2D eigenvalue weighted by Gasteiger charge is -2.30. The third-order valence-electron chi connectivity index (χ3n) is 3.58. The number of aliphatic hydroxyl groups is 1. The first kappa shape index (κ1) is 10.4. The van der Waals surface area contributed by atoms with Gasteiger partial charge in [0.05, 0.1) is 6.61 Å². The molecule has 3 heteroatoms. The molecule has 2 saturated heterocycles. The normalized spacial score (nSPS) is 34.9. The van der Waals surface area contributed by atoms with E-state index in [1.807, 2.05) is 0 Å². The topological polar surface area (TPSA) is 35.5 Å². The summed E-state index contributed by atoms with van der Waals surface area (Å²) in [7, 11) is 0. The van der Waals surface area contributed by atoms with Gasteiger partial charge < -0.3 is 10.4 Å². The van der Waals surface area contributed by atoms with Gasteiger partial charge >= 0.3 is 0 Å². The van der Waals surface area contributed by atoms with Gasteiger partial charge in [-0.15, -0.1) is 0 Å². The van der Waals surface area contributed by atoms with Crippen LogP contribution in [-0.4, -0.2) is 48.3 Å². The Morgan fingerprint density at radius 2 is 2.14 bits per heavy atom. The van der Waals surface area contributed by atoms with E-state index < -0.39 is 0 Å². The molecular weight excluding hydrogens is 176 g/mol. The Hall–Kier alpha value is -0.120. The van der Waals surface area contributed by atoms with Crippen LogP contribution in [0.3, 0.4) is 0 Å². The minimum atomic E-state index is 0.340. The summed E-state index contributed by atoms with van der Waals surface area (Å²) in [6.45, 7) is 3.85. The van der Waals surface area contributed by atoms with Crippen LogP contribution in [0.4, 0.5) is 0 Å². The number of nitrogens with zero attached hydrogens (tertiary/aromatic N) is 1. The first-order valence-corrected chi connectivity index (χ1v) is 5.98. The van der Waals surface area contributed by atoms with E-state index in [2.05, 4.69) is 10.2 Å². The predicted octanol–water partition coefficient (Wildman–Crippen LogP) is 0.585. The number of hydrogen-bond acceptors (Lipinski definition) is 3. The van der Waals surface area contributed by atoms with Gasteiger partial charge in [-0.1, -0.05) is 6.42 Å². The molecule has 2 heterocycles. The van der Waals surface area contributed by atoms with E-state index in [4.69, 9.17) is 0 Å². The van der Waals surface area contributed by atoms with Crippen LogP contribution < -0.4 is 5.32 Å². The highest BCUT2D eigenvalue weighted by Gasteiger charge is 2.26. The van der Waals surface area contributed by atoms with Crippen LogP contribution in [0.5, 0.6) is 0 Å². The first-order valence-electron chi connectivity index (χ1n) is 5.98. The van der Waals surface area contributed by atoms with Gasteiger partial charge in [0.15, 0.2) is 0 Å². The highest BCUT2D eigenvalue weighted by atomic mass is 16.3. The number of likely N-dealkylation sites (tertiary alicyclic amines) is 1. The molecule has 2 fully saturated rings. The Bertz CT molecular complexity index is 169. The molecule has 0 amide bonds. The fraction of sp³-hybridized carbons (Fsp3) is 1.00. The minimum Gasteiger partial charge on any atom is -0.395 e. The maximum absolute atomic E-state index is 9.20. The lowest BCUT2D eigenvalue weighted by atomic mass is 10.0. The molecule has 0 bridgehead atoms. The SMILES string of the molecule is OC[C@@H]1CCCN1CC1CCCCN1. The zero-order valence-corrected chi connectivity index (χ0v) is 8.91. The van der Waals surface area contributed by atoms with Crippen LogP contribution >= 0.6 is 0 Å². The summed E-state index contributed by atoms with van der Waals surface area (Å²) in [6, 6.07) is 1.12. The van der Waals surface area contributed by atoms with Gasteiger partial charge in [0, 0.05) is 18.6 Å². The van der Waals surface area contributed by atoms with E-state index in [1.165, 1.54) is 45.2 Å². The van der Waals surface area contributed by atoms with Gasteiger partial charge in [-0.05, 0) is 38.8 Å². The van der Waals surface area contributed by atoms with E-state index in [0.29, 0.717) is 18.7 Å². The fourth-order valence-electron chi connectivity index (χ4n) is 2.71. The van der Waals surface area contributed by atoms with E-state index >= 15 is 0 Å². The monoisotopic (exact) mass is 198 g/mol. The second-order valence-electron chi connectivity index (χ2n) is 4.62. The molecule has 0 radical (unpaired) electrons. The Morgan fingerprint density at radius 1 is 1.21 bits per heavy atom. The summed E-state index contributed by atoms with van der Waals surface area (Å²) in [6.07, 6.45) is 6.46. The van der Waals surface area contributed by atoms with Gasteiger partial charge in [0.25, 0.3) is 0 Å². The van der Waals surface area contributed by atoms with Crippen LogP contribution in [0.2, 0.25) is 0 Å². The molecule has 0 aromatic carbocycles. The van der Waals surface area contributed by atoms with Crippen LogP contribution in [0.25, 0.3) is 0 Å². The standard InChI is InChI=1S/C11H22N2O/c14-9-11-5-3-7-13(11)8-10-4-1-2-6-12-10/h10-12,14H,1-9H2/t10?,11-/m0/s1. The largest absolute Gasteiger partial charge is 0.395 e. The molecule has 2 aliphatic heterocycles. The molecule has 0 aromatic heterocycles. The summed E-state index contributed by atoms with van der Waals surface area (Å²) >= 11 is 0. The predicted molar refractivity (Wildman–Crippen MR) is 57.3 cm³/mol. The molecule has 1 unspecified atom stereocenters. The van der Waals surface area contributed by atoms with Gasteiger partial charge in [0.1, 0.15) is 0 Å². The number of hydrogen-bond donors (Lipinski definition) is 2. The lowest BCUT2D eigenvalue weighted by molar-refractivity contribution is 0.142. The summed E-state index contributed by atoms with van der Waals surface area (Å²) in [5.41, 5.74) is 0. The molecule has 2 aliphatic rings. The Morgan fingerprint density at radius 3 is 2.86 bits per heavy atom. The van der Waals surface area contributed by atoms with Gasteiger partial charge in [-0.25, -0.2) is 0 Å². The van der Waals surface area contributed by atoms with Crippen molar-refractivity contribution in [3.63, 3.8) is 0 Å². The highest BCUT2D eigenvalue weighted by Crippen LogP contribution is 2.18. The molecule has 0 spiro atoms. The van der Waals surface area contributed by atoms with Crippen molar-refractivity contribution >= 4 is 0 Å². The number of aliphatic hydroxyl groups excluding tert-OH is 1. The third kappa shape index (κ3) is 2.47. The molecule has 2 atom stereocenters. The summed E-state index contributed by atoms with van der Waals surface area (Å²) < 4.78 is 0. The first-order chi connectivity index (χ1) is 6.90. The van der Waals surface area contributed by atoms with Crippen LogP contribution in [0, 0.1) is 0 Å². The van der Waals surface area contributed by atoms with Crippen molar-refractivity contribution in [1.82, 2.24) is 10.2 Å². The van der Waals surface area contributed by atoms with Crippen molar-refractivity contribution in [3.8, 4) is 0 Å². The Labute approximate surface area is 86.5 Å². The van der Waals surface area contributed by atoms with Crippen molar-refractivity contribution < 1.29 is 5.11 Å². The number of nitrogens with one attached hydrogen (secondary N) is 1. The quantitative estimate of drug-likeness (QED) is 0.696. The smallest absolute Gasteiger partial charge is 0.0586 e. The van der Waals surface area contributed by atoms with Gasteiger partial charge in [-0.2, -0.15) is 0 Å². The summed E-state index contributed by atoms with van der Waals surface area (Å²) in [4.78, 5) is 2.46. The molecule has 2 N–H and O–H groups in total. The van der Waals surface area contributed by atoms with Crippen molar-refractivity contribution in [2.24, 2.45) is 0 Å². The summed E-state index contributed by atoms with van der Waals surface area (Å²) in [5, 5.41) is 12.8. The molecular formula is C11H22N2O. The van der Waals surface area contributed by atoms with Crippen molar-refractivity contribution in [3.05, 3.63) is 0 Å². The highest BCUT2D eigenvalue weighted by molar-refractivity contribution is 4.83. The average molecular weight is 198 g/mol. The molecule has 82 valence electrons. The summed E-state index contributed by atoms with van der Waals surface area (Å²) in [5.74, 6) is 0. The number of piperidine rings is 1. The van der Waals surface area contributed by atoms with Crippen LogP contribution in [0.1, 0.15) is 32.1 Å². The molecule has 14 heavy (non-hydrogen) atoms. The minimum absolute atomic E-state index is 0.340. The zero-order chi connectivity index (χ0) is 9.80. The molecule has 0 saturated carbocycles. The van der Waals surface area contributed by atoms with Crippen LogP contribution in [0.15, 0.2) is 0 Å². The Kier molecular flexibility index (Phi) is 3.79. The number of rotatable bonds is 3. The maximum atomic E-state index is 9.20. The fourth-order valence-corrected chi connectivity index (χ4v) is 2.71.